The summed E-state index contributed by atoms with van der Waals surface area (Å²) in [6.07, 6.45) is 4.57. The van der Waals surface area contributed by atoms with E-state index in [0.29, 0.717) is 49.7 Å². The largest absolute Gasteiger partial charge is 0.377 e. The Morgan fingerprint density at radius 1 is 0.897 bits per heavy atom. The number of para-hydroxylation sites is 1. The molecule has 0 spiro atoms. The number of carbonyl (C=O) groups is 1. The summed E-state index contributed by atoms with van der Waals surface area (Å²) in [6, 6.07) is 11.4. The van der Waals surface area contributed by atoms with Crippen LogP contribution in [0.4, 0.5) is 11.6 Å². The maximum Gasteiger partial charge on any atom is 0.261 e. The summed E-state index contributed by atoms with van der Waals surface area (Å²) >= 11 is 0. The van der Waals surface area contributed by atoms with Crippen molar-refractivity contribution in [1.82, 2.24) is 29.5 Å². The van der Waals surface area contributed by atoms with Gasteiger partial charge in [0, 0.05) is 78.5 Å². The maximum atomic E-state index is 12.9. The number of anilines is 2. The lowest BCUT2D eigenvalue weighted by Crippen LogP contribution is -2.49. The fraction of sp³-hybridized carbons (Fsp3) is 0.536. The number of aromatic nitrogens is 4. The van der Waals surface area contributed by atoms with E-state index in [2.05, 4.69) is 35.9 Å². The predicted octanol–water partition coefficient (Wildman–Crippen LogP) is 1.23. The summed E-state index contributed by atoms with van der Waals surface area (Å²) in [5.41, 5.74) is 0.561. The Balaban J connectivity index is 0.960. The third-order valence-corrected chi connectivity index (χ3v) is 8.07. The standard InChI is InChI=1S/C28H36N8O3/c37-27(9-10-36-21-29-24-6-2-1-5-23(24)28(36)38)35-17-15-34(16-18-35)26-8-7-25(30-31-26)33-13-11-32(12-14-33)20-22-4-3-19-39-22/h1-2,5-8,21-22H,3-4,9-20H2. The third kappa shape index (κ3) is 5.89. The zero-order valence-corrected chi connectivity index (χ0v) is 22.3. The van der Waals surface area contributed by atoms with Crippen LogP contribution in [0.15, 0.2) is 47.5 Å². The molecule has 0 saturated carbocycles. The molecule has 0 radical (unpaired) electrons. The maximum absolute atomic E-state index is 12.9. The number of hydrogen-bond donors (Lipinski definition) is 0. The molecule has 6 rings (SSSR count). The number of benzene rings is 1. The quantitative estimate of drug-likeness (QED) is 0.445. The Hall–Kier alpha value is -3.57. The van der Waals surface area contributed by atoms with Gasteiger partial charge in [0.25, 0.3) is 5.56 Å². The van der Waals surface area contributed by atoms with Crippen LogP contribution in [0.1, 0.15) is 19.3 Å². The number of rotatable bonds is 7. The lowest BCUT2D eigenvalue weighted by atomic mass is 10.2. The zero-order valence-electron chi connectivity index (χ0n) is 22.3. The summed E-state index contributed by atoms with van der Waals surface area (Å²) in [7, 11) is 0. The highest BCUT2D eigenvalue weighted by molar-refractivity contribution is 5.78. The molecule has 3 aromatic rings. The molecule has 39 heavy (non-hydrogen) atoms. The van der Waals surface area contributed by atoms with Gasteiger partial charge in [-0.05, 0) is 37.1 Å². The van der Waals surface area contributed by atoms with Gasteiger partial charge in [-0.25, -0.2) is 4.98 Å². The van der Waals surface area contributed by atoms with Crippen LogP contribution in [0.25, 0.3) is 10.9 Å². The van der Waals surface area contributed by atoms with Crippen molar-refractivity contribution in [1.29, 1.82) is 0 Å². The second kappa shape index (κ2) is 11.7. The fourth-order valence-corrected chi connectivity index (χ4v) is 5.72. The Bertz CT molecular complexity index is 1320. The summed E-state index contributed by atoms with van der Waals surface area (Å²) in [5.74, 6) is 1.81. The van der Waals surface area contributed by atoms with Crippen molar-refractivity contribution in [2.75, 3.05) is 75.3 Å². The zero-order chi connectivity index (χ0) is 26.6. The molecule has 1 atom stereocenters. The van der Waals surface area contributed by atoms with Crippen molar-refractivity contribution in [2.45, 2.75) is 31.9 Å². The molecule has 1 unspecified atom stereocenters. The van der Waals surface area contributed by atoms with E-state index in [1.165, 1.54) is 23.7 Å². The van der Waals surface area contributed by atoms with Crippen LogP contribution in [0, 0.1) is 0 Å². The van der Waals surface area contributed by atoms with E-state index >= 15 is 0 Å². The van der Waals surface area contributed by atoms with Gasteiger partial charge < -0.3 is 19.4 Å². The highest BCUT2D eigenvalue weighted by atomic mass is 16.5. The number of aryl methyl sites for hydroxylation is 1. The Kier molecular flexibility index (Phi) is 7.69. The number of piperazine rings is 2. The molecule has 3 aliphatic heterocycles. The molecule has 11 heteroatoms. The highest BCUT2D eigenvalue weighted by Crippen LogP contribution is 2.19. The third-order valence-electron chi connectivity index (χ3n) is 8.07. The first-order valence-electron chi connectivity index (χ1n) is 14.0. The summed E-state index contributed by atoms with van der Waals surface area (Å²) in [4.78, 5) is 38.7. The van der Waals surface area contributed by atoms with Gasteiger partial charge in [-0.15, -0.1) is 10.2 Å². The van der Waals surface area contributed by atoms with Crippen LogP contribution in [0.2, 0.25) is 0 Å². The van der Waals surface area contributed by atoms with Crippen LogP contribution >= 0.6 is 0 Å². The van der Waals surface area contributed by atoms with Crippen molar-refractivity contribution < 1.29 is 9.53 Å². The van der Waals surface area contributed by atoms with E-state index in [9.17, 15) is 9.59 Å². The molecule has 0 N–H and O–H groups in total. The summed E-state index contributed by atoms with van der Waals surface area (Å²) < 4.78 is 7.31. The number of ether oxygens (including phenoxy) is 1. The first kappa shape index (κ1) is 25.7. The first-order chi connectivity index (χ1) is 19.1. The smallest absolute Gasteiger partial charge is 0.261 e. The molecule has 0 aliphatic carbocycles. The van der Waals surface area contributed by atoms with Gasteiger partial charge in [-0.1, -0.05) is 12.1 Å². The van der Waals surface area contributed by atoms with Gasteiger partial charge in [0.05, 0.1) is 23.3 Å². The molecular formula is C28H36N8O3. The molecular weight excluding hydrogens is 496 g/mol. The number of nitrogens with zero attached hydrogens (tertiary/aromatic N) is 8. The molecule has 3 saturated heterocycles. The SMILES string of the molecule is O=C(CCn1cnc2ccccc2c1=O)N1CCN(c2ccc(N3CCN(CC4CCCO4)CC3)nn2)CC1. The number of hydrogen-bond acceptors (Lipinski definition) is 9. The van der Waals surface area contributed by atoms with Crippen LogP contribution in [-0.4, -0.2) is 107 Å². The highest BCUT2D eigenvalue weighted by Gasteiger charge is 2.25. The van der Waals surface area contributed by atoms with Gasteiger partial charge in [-0.3, -0.25) is 19.1 Å². The minimum atomic E-state index is -0.110. The molecule has 206 valence electrons. The van der Waals surface area contributed by atoms with E-state index in [4.69, 9.17) is 4.74 Å². The van der Waals surface area contributed by atoms with Gasteiger partial charge >= 0.3 is 0 Å². The van der Waals surface area contributed by atoms with Crippen molar-refractivity contribution >= 4 is 28.4 Å². The van der Waals surface area contributed by atoms with E-state index in [1.807, 2.05) is 29.2 Å². The van der Waals surface area contributed by atoms with Crippen LogP contribution in [0.5, 0.6) is 0 Å². The van der Waals surface area contributed by atoms with Crippen LogP contribution in [-0.2, 0) is 16.1 Å². The topological polar surface area (TPSA) is 99.9 Å². The molecule has 1 aromatic carbocycles. The van der Waals surface area contributed by atoms with Gasteiger partial charge in [0.15, 0.2) is 11.6 Å². The van der Waals surface area contributed by atoms with E-state index in [1.54, 1.807) is 6.07 Å². The minimum Gasteiger partial charge on any atom is -0.377 e. The second-order valence-corrected chi connectivity index (χ2v) is 10.6. The normalized spacial score (nSPS) is 20.6. The Labute approximate surface area is 228 Å². The number of amides is 1. The van der Waals surface area contributed by atoms with Crippen molar-refractivity contribution in [3.63, 3.8) is 0 Å². The van der Waals surface area contributed by atoms with Crippen LogP contribution < -0.4 is 15.4 Å². The van der Waals surface area contributed by atoms with Gasteiger partial charge in [-0.2, -0.15) is 0 Å². The lowest BCUT2D eigenvalue weighted by molar-refractivity contribution is -0.131. The number of fused-ring (bicyclic) bond motifs is 1. The molecule has 1 amide bonds. The van der Waals surface area contributed by atoms with E-state index < -0.39 is 0 Å². The molecule has 3 aliphatic rings. The molecule has 2 aromatic heterocycles. The summed E-state index contributed by atoms with van der Waals surface area (Å²) in [5, 5.41) is 9.61. The first-order valence-corrected chi connectivity index (χ1v) is 14.0. The van der Waals surface area contributed by atoms with Crippen molar-refractivity contribution in [3.05, 3.63) is 53.1 Å². The fourth-order valence-electron chi connectivity index (χ4n) is 5.72. The van der Waals surface area contributed by atoms with Crippen LogP contribution in [0.3, 0.4) is 0 Å². The average Bonchev–Trinajstić information content (AvgIpc) is 3.50. The van der Waals surface area contributed by atoms with Gasteiger partial charge in [0.2, 0.25) is 5.91 Å². The van der Waals surface area contributed by atoms with Crippen molar-refractivity contribution in [3.8, 4) is 0 Å². The van der Waals surface area contributed by atoms with E-state index in [0.717, 1.165) is 51.0 Å². The Morgan fingerprint density at radius 2 is 1.59 bits per heavy atom. The molecule has 5 heterocycles. The predicted molar refractivity (Wildman–Crippen MR) is 149 cm³/mol. The van der Waals surface area contributed by atoms with Gasteiger partial charge in [0.1, 0.15) is 0 Å². The lowest BCUT2D eigenvalue weighted by Gasteiger charge is -2.37. The average molecular weight is 533 g/mol. The molecule has 3 fully saturated rings. The number of carbonyl (C=O) groups excluding carboxylic acids is 1. The second-order valence-electron chi connectivity index (χ2n) is 10.6. The monoisotopic (exact) mass is 532 g/mol. The molecule has 0 bridgehead atoms. The molecule has 11 nitrogen and oxygen atoms in total. The minimum absolute atomic E-state index is 0.0507. The van der Waals surface area contributed by atoms with E-state index in [-0.39, 0.29) is 17.9 Å². The summed E-state index contributed by atoms with van der Waals surface area (Å²) in [6.45, 7) is 8.86. The van der Waals surface area contributed by atoms with Crippen molar-refractivity contribution in [2.24, 2.45) is 0 Å². The Morgan fingerprint density at radius 3 is 2.26 bits per heavy atom.